The van der Waals surface area contributed by atoms with Crippen LogP contribution in [0.25, 0.3) is 11.5 Å². The van der Waals surface area contributed by atoms with Crippen molar-refractivity contribution < 1.29 is 8.83 Å². The fourth-order valence-electron chi connectivity index (χ4n) is 1.01. The summed E-state index contributed by atoms with van der Waals surface area (Å²) in [5.74, 6) is 1.67. The molecule has 0 bridgehead atoms. The van der Waals surface area contributed by atoms with Crippen LogP contribution in [0.4, 0.5) is 0 Å². The zero-order chi connectivity index (χ0) is 9.26. The molecule has 2 rings (SSSR count). The summed E-state index contributed by atoms with van der Waals surface area (Å²) in [4.78, 5) is 0. The molecular formula is C8H9N3O2. The Morgan fingerprint density at radius 2 is 2.31 bits per heavy atom. The second-order valence-corrected chi connectivity index (χ2v) is 2.65. The van der Waals surface area contributed by atoms with E-state index in [1.807, 2.05) is 13.0 Å². The number of hydrogen-bond acceptors (Lipinski definition) is 5. The number of aryl methyl sites for hydroxylation is 1. The number of nitrogens with zero attached hydrogens (tertiary/aromatic N) is 2. The highest BCUT2D eigenvalue weighted by Crippen LogP contribution is 2.19. The molecular weight excluding hydrogens is 170 g/mol. The van der Waals surface area contributed by atoms with Gasteiger partial charge in [-0.15, -0.1) is 10.2 Å². The summed E-state index contributed by atoms with van der Waals surface area (Å²) < 4.78 is 10.3. The van der Waals surface area contributed by atoms with E-state index in [4.69, 9.17) is 14.6 Å². The van der Waals surface area contributed by atoms with Crippen molar-refractivity contribution in [1.82, 2.24) is 10.2 Å². The first-order valence-electron chi connectivity index (χ1n) is 3.87. The first kappa shape index (κ1) is 8.00. The molecule has 0 aliphatic rings. The second-order valence-electron chi connectivity index (χ2n) is 2.65. The van der Waals surface area contributed by atoms with E-state index < -0.39 is 0 Å². The van der Waals surface area contributed by atoms with Gasteiger partial charge in [0.1, 0.15) is 12.0 Å². The van der Waals surface area contributed by atoms with Crippen LogP contribution in [0, 0.1) is 6.92 Å². The number of furan rings is 1. The first-order valence-corrected chi connectivity index (χ1v) is 3.87. The standard InChI is InChI=1S/C8H9N3O2/c1-5-2-6(4-12-5)8-11-10-7(3-9)13-8/h2,4H,3,9H2,1H3. The molecule has 0 aromatic carbocycles. The van der Waals surface area contributed by atoms with Gasteiger partial charge < -0.3 is 14.6 Å². The summed E-state index contributed by atoms with van der Waals surface area (Å²) >= 11 is 0. The molecule has 2 heterocycles. The molecule has 0 aliphatic heterocycles. The number of rotatable bonds is 2. The molecule has 0 unspecified atom stereocenters. The smallest absolute Gasteiger partial charge is 0.251 e. The highest BCUT2D eigenvalue weighted by atomic mass is 16.4. The molecule has 0 radical (unpaired) electrons. The van der Waals surface area contributed by atoms with Crippen LogP contribution in [0.5, 0.6) is 0 Å². The third-order valence-electron chi connectivity index (χ3n) is 1.62. The Hall–Kier alpha value is -1.62. The minimum Gasteiger partial charge on any atom is -0.469 e. The van der Waals surface area contributed by atoms with Gasteiger partial charge in [-0.05, 0) is 13.0 Å². The van der Waals surface area contributed by atoms with Crippen molar-refractivity contribution in [1.29, 1.82) is 0 Å². The van der Waals surface area contributed by atoms with Crippen LogP contribution in [0.2, 0.25) is 0 Å². The monoisotopic (exact) mass is 179 g/mol. The third-order valence-corrected chi connectivity index (χ3v) is 1.62. The lowest BCUT2D eigenvalue weighted by molar-refractivity contribution is 0.505. The third kappa shape index (κ3) is 1.46. The van der Waals surface area contributed by atoms with E-state index >= 15 is 0 Å². The molecule has 68 valence electrons. The SMILES string of the molecule is Cc1cc(-c2nnc(CN)o2)co1. The van der Waals surface area contributed by atoms with Crippen molar-refractivity contribution in [2.75, 3.05) is 0 Å². The Morgan fingerprint density at radius 3 is 2.85 bits per heavy atom. The molecule has 0 aliphatic carbocycles. The lowest BCUT2D eigenvalue weighted by Gasteiger charge is -1.84. The Morgan fingerprint density at radius 1 is 1.46 bits per heavy atom. The molecule has 0 saturated heterocycles. The molecule has 5 heteroatoms. The van der Waals surface area contributed by atoms with Crippen molar-refractivity contribution in [2.45, 2.75) is 13.5 Å². The predicted octanol–water partition coefficient (Wildman–Crippen LogP) is 1.10. The van der Waals surface area contributed by atoms with E-state index in [-0.39, 0.29) is 6.54 Å². The van der Waals surface area contributed by atoms with Crippen molar-refractivity contribution in [3.63, 3.8) is 0 Å². The van der Waals surface area contributed by atoms with Crippen LogP contribution in [-0.4, -0.2) is 10.2 Å². The Labute approximate surface area is 74.6 Å². The second kappa shape index (κ2) is 3.02. The van der Waals surface area contributed by atoms with Crippen molar-refractivity contribution in [3.05, 3.63) is 24.0 Å². The molecule has 0 saturated carbocycles. The van der Waals surface area contributed by atoms with Crippen LogP contribution in [0.15, 0.2) is 21.2 Å². The van der Waals surface area contributed by atoms with Gasteiger partial charge in [0.2, 0.25) is 5.89 Å². The topological polar surface area (TPSA) is 78.1 Å². The summed E-state index contributed by atoms with van der Waals surface area (Å²) in [6, 6.07) is 1.83. The minimum atomic E-state index is 0.254. The van der Waals surface area contributed by atoms with Gasteiger partial charge in [0.05, 0.1) is 12.1 Å². The van der Waals surface area contributed by atoms with Gasteiger partial charge in [-0.3, -0.25) is 0 Å². The van der Waals surface area contributed by atoms with E-state index in [0.717, 1.165) is 11.3 Å². The Bertz CT molecular complexity index is 405. The van der Waals surface area contributed by atoms with E-state index in [0.29, 0.717) is 11.8 Å². The van der Waals surface area contributed by atoms with E-state index in [1.165, 1.54) is 0 Å². The quantitative estimate of drug-likeness (QED) is 0.746. The average Bonchev–Trinajstić information content (AvgIpc) is 2.71. The van der Waals surface area contributed by atoms with Crippen LogP contribution in [0.3, 0.4) is 0 Å². The summed E-state index contributed by atoms with van der Waals surface area (Å²) in [6.07, 6.45) is 1.57. The van der Waals surface area contributed by atoms with E-state index in [2.05, 4.69) is 10.2 Å². The molecule has 0 spiro atoms. The zero-order valence-electron chi connectivity index (χ0n) is 7.15. The van der Waals surface area contributed by atoms with Crippen LogP contribution in [-0.2, 0) is 6.54 Å². The van der Waals surface area contributed by atoms with E-state index in [1.54, 1.807) is 6.26 Å². The van der Waals surface area contributed by atoms with Crippen LogP contribution >= 0.6 is 0 Å². The highest BCUT2D eigenvalue weighted by molar-refractivity contribution is 5.50. The largest absolute Gasteiger partial charge is 0.469 e. The lowest BCUT2D eigenvalue weighted by Crippen LogP contribution is -1.95. The average molecular weight is 179 g/mol. The van der Waals surface area contributed by atoms with Gasteiger partial charge in [0.15, 0.2) is 0 Å². The molecule has 2 aromatic rings. The first-order chi connectivity index (χ1) is 6.29. The van der Waals surface area contributed by atoms with Gasteiger partial charge in [-0.2, -0.15) is 0 Å². The van der Waals surface area contributed by atoms with Gasteiger partial charge in [-0.25, -0.2) is 0 Å². The molecule has 0 atom stereocenters. The van der Waals surface area contributed by atoms with Gasteiger partial charge >= 0.3 is 0 Å². The minimum absolute atomic E-state index is 0.254. The Balaban J connectivity index is 2.35. The van der Waals surface area contributed by atoms with Crippen molar-refractivity contribution in [3.8, 4) is 11.5 Å². The summed E-state index contributed by atoms with van der Waals surface area (Å²) in [6.45, 7) is 2.10. The predicted molar refractivity (Wildman–Crippen MR) is 44.6 cm³/mol. The fourth-order valence-corrected chi connectivity index (χ4v) is 1.01. The maximum atomic E-state index is 5.33. The molecule has 2 N–H and O–H groups in total. The summed E-state index contributed by atoms with van der Waals surface area (Å²) in [5, 5.41) is 7.55. The van der Waals surface area contributed by atoms with Gasteiger partial charge in [-0.1, -0.05) is 0 Å². The normalized spacial score (nSPS) is 10.6. The molecule has 13 heavy (non-hydrogen) atoms. The number of hydrogen-bond donors (Lipinski definition) is 1. The molecule has 0 fully saturated rings. The Kier molecular flexibility index (Phi) is 1.86. The number of aromatic nitrogens is 2. The maximum Gasteiger partial charge on any atom is 0.251 e. The van der Waals surface area contributed by atoms with Gasteiger partial charge in [0, 0.05) is 0 Å². The highest BCUT2D eigenvalue weighted by Gasteiger charge is 2.09. The van der Waals surface area contributed by atoms with Crippen LogP contribution < -0.4 is 5.73 Å². The number of nitrogens with two attached hydrogens (primary N) is 1. The van der Waals surface area contributed by atoms with E-state index in [9.17, 15) is 0 Å². The molecule has 5 nitrogen and oxygen atoms in total. The van der Waals surface area contributed by atoms with Gasteiger partial charge in [0.25, 0.3) is 5.89 Å². The summed E-state index contributed by atoms with van der Waals surface area (Å²) in [5.41, 5.74) is 6.11. The molecule has 2 aromatic heterocycles. The van der Waals surface area contributed by atoms with Crippen molar-refractivity contribution >= 4 is 0 Å². The maximum absolute atomic E-state index is 5.33. The lowest BCUT2D eigenvalue weighted by atomic mass is 10.3. The van der Waals surface area contributed by atoms with Crippen LogP contribution in [0.1, 0.15) is 11.7 Å². The molecule has 0 amide bonds. The fraction of sp³-hybridized carbons (Fsp3) is 0.250. The zero-order valence-corrected chi connectivity index (χ0v) is 7.15. The van der Waals surface area contributed by atoms with Crippen molar-refractivity contribution in [2.24, 2.45) is 5.73 Å². The summed E-state index contributed by atoms with van der Waals surface area (Å²) in [7, 11) is 0.